The van der Waals surface area contributed by atoms with Gasteiger partial charge in [0.1, 0.15) is 0 Å². The van der Waals surface area contributed by atoms with E-state index in [2.05, 4.69) is 10.3 Å². The number of rotatable bonds is 2. The third-order valence-electron chi connectivity index (χ3n) is 2.51. The van der Waals surface area contributed by atoms with Crippen molar-refractivity contribution < 1.29 is 4.79 Å². The number of pyridine rings is 1. The molecule has 0 spiro atoms. The molecule has 1 aromatic carbocycles. The molecule has 4 nitrogen and oxygen atoms in total. The average molecular weight is 262 g/mol. The summed E-state index contributed by atoms with van der Waals surface area (Å²) in [6, 6.07) is 8.36. The molecular formula is C13H12ClN3O. The van der Waals surface area contributed by atoms with E-state index in [1.54, 1.807) is 43.5 Å². The SMILES string of the molecule is Cc1ncccc1C(=O)Nc1ccc(Cl)cc1N. The highest BCUT2D eigenvalue weighted by atomic mass is 35.5. The number of carbonyl (C=O) groups excluding carboxylic acids is 1. The van der Waals surface area contributed by atoms with E-state index in [0.29, 0.717) is 27.7 Å². The lowest BCUT2D eigenvalue weighted by atomic mass is 10.2. The van der Waals surface area contributed by atoms with Crippen LogP contribution in [0.15, 0.2) is 36.5 Å². The highest BCUT2D eigenvalue weighted by Gasteiger charge is 2.10. The second-order valence-corrected chi connectivity index (χ2v) is 4.26. The first kappa shape index (κ1) is 12.4. The molecule has 1 heterocycles. The monoisotopic (exact) mass is 261 g/mol. The van der Waals surface area contributed by atoms with Crippen molar-refractivity contribution in [1.29, 1.82) is 0 Å². The summed E-state index contributed by atoms with van der Waals surface area (Å²) in [7, 11) is 0. The summed E-state index contributed by atoms with van der Waals surface area (Å²) in [6.45, 7) is 1.78. The van der Waals surface area contributed by atoms with Crippen LogP contribution in [0.4, 0.5) is 11.4 Å². The standard InChI is InChI=1S/C13H12ClN3O/c1-8-10(3-2-6-16-8)13(18)17-12-5-4-9(14)7-11(12)15/h2-7H,15H2,1H3,(H,17,18). The van der Waals surface area contributed by atoms with Gasteiger partial charge in [0.2, 0.25) is 0 Å². The minimum absolute atomic E-state index is 0.241. The summed E-state index contributed by atoms with van der Waals surface area (Å²) < 4.78 is 0. The number of hydrogen-bond acceptors (Lipinski definition) is 3. The van der Waals surface area contributed by atoms with Gasteiger partial charge in [0.25, 0.3) is 5.91 Å². The molecule has 0 atom stereocenters. The number of aryl methyl sites for hydroxylation is 1. The number of aromatic nitrogens is 1. The van der Waals surface area contributed by atoms with Crippen molar-refractivity contribution in [2.45, 2.75) is 6.92 Å². The van der Waals surface area contributed by atoms with E-state index < -0.39 is 0 Å². The molecule has 0 aliphatic carbocycles. The van der Waals surface area contributed by atoms with Crippen molar-refractivity contribution >= 4 is 28.9 Å². The molecule has 18 heavy (non-hydrogen) atoms. The van der Waals surface area contributed by atoms with Crippen LogP contribution in [-0.2, 0) is 0 Å². The molecule has 0 radical (unpaired) electrons. The van der Waals surface area contributed by atoms with Crippen LogP contribution in [0.5, 0.6) is 0 Å². The normalized spacial score (nSPS) is 10.1. The zero-order valence-electron chi connectivity index (χ0n) is 9.77. The molecule has 5 heteroatoms. The Morgan fingerprint density at radius 2 is 2.17 bits per heavy atom. The first-order valence-corrected chi connectivity index (χ1v) is 5.73. The van der Waals surface area contributed by atoms with Gasteiger partial charge in [-0.1, -0.05) is 11.6 Å². The van der Waals surface area contributed by atoms with E-state index in [1.165, 1.54) is 0 Å². The third-order valence-corrected chi connectivity index (χ3v) is 2.75. The van der Waals surface area contributed by atoms with Gasteiger partial charge in [-0.15, -0.1) is 0 Å². The van der Waals surface area contributed by atoms with Crippen molar-refractivity contribution in [3.05, 3.63) is 52.8 Å². The lowest BCUT2D eigenvalue weighted by Gasteiger charge is -2.09. The van der Waals surface area contributed by atoms with Crippen molar-refractivity contribution in [2.24, 2.45) is 0 Å². The molecule has 0 saturated heterocycles. The number of hydrogen-bond donors (Lipinski definition) is 2. The molecule has 92 valence electrons. The maximum Gasteiger partial charge on any atom is 0.257 e. The number of nitrogens with one attached hydrogen (secondary N) is 1. The Morgan fingerprint density at radius 3 is 2.83 bits per heavy atom. The number of benzene rings is 1. The van der Waals surface area contributed by atoms with Crippen LogP contribution < -0.4 is 11.1 Å². The average Bonchev–Trinajstić information content (AvgIpc) is 2.33. The fraction of sp³-hybridized carbons (Fsp3) is 0.0769. The predicted octanol–water partition coefficient (Wildman–Crippen LogP) is 2.88. The molecule has 0 fully saturated rings. The van der Waals surface area contributed by atoms with Crippen LogP contribution >= 0.6 is 11.6 Å². The van der Waals surface area contributed by atoms with Gasteiger partial charge < -0.3 is 11.1 Å². The Balaban J connectivity index is 2.24. The number of carbonyl (C=O) groups is 1. The van der Waals surface area contributed by atoms with Gasteiger partial charge >= 0.3 is 0 Å². The number of nitrogens with two attached hydrogens (primary N) is 1. The molecule has 1 amide bonds. The molecule has 0 saturated carbocycles. The highest BCUT2D eigenvalue weighted by Crippen LogP contribution is 2.23. The van der Waals surface area contributed by atoms with Gasteiger partial charge in [0.05, 0.1) is 16.9 Å². The van der Waals surface area contributed by atoms with Crippen LogP contribution in [0.3, 0.4) is 0 Å². The van der Waals surface area contributed by atoms with Crippen LogP contribution in [0.2, 0.25) is 5.02 Å². The molecule has 3 N–H and O–H groups in total. The second kappa shape index (κ2) is 5.06. The van der Waals surface area contributed by atoms with Gasteiger partial charge in [0.15, 0.2) is 0 Å². The minimum atomic E-state index is -0.241. The van der Waals surface area contributed by atoms with E-state index in [0.717, 1.165) is 0 Å². The van der Waals surface area contributed by atoms with Gasteiger partial charge in [0, 0.05) is 16.9 Å². The Hall–Kier alpha value is -2.07. The van der Waals surface area contributed by atoms with Crippen molar-refractivity contribution in [3.8, 4) is 0 Å². The minimum Gasteiger partial charge on any atom is -0.397 e. The molecule has 0 bridgehead atoms. The van der Waals surface area contributed by atoms with E-state index in [9.17, 15) is 4.79 Å². The quantitative estimate of drug-likeness (QED) is 0.817. The van der Waals surface area contributed by atoms with Gasteiger partial charge in [-0.3, -0.25) is 9.78 Å². The molecule has 1 aromatic heterocycles. The van der Waals surface area contributed by atoms with Crippen molar-refractivity contribution in [2.75, 3.05) is 11.1 Å². The number of nitrogens with zero attached hydrogens (tertiary/aromatic N) is 1. The summed E-state index contributed by atoms with van der Waals surface area (Å²) >= 11 is 5.79. The maximum absolute atomic E-state index is 12.0. The summed E-state index contributed by atoms with van der Waals surface area (Å²) in [6.07, 6.45) is 1.64. The van der Waals surface area contributed by atoms with E-state index in [1.807, 2.05) is 0 Å². The molecule has 0 aliphatic rings. The number of amides is 1. The Bertz CT molecular complexity index is 599. The molecule has 2 rings (SSSR count). The summed E-state index contributed by atoms with van der Waals surface area (Å²) in [5, 5.41) is 3.26. The largest absolute Gasteiger partial charge is 0.397 e. The van der Waals surface area contributed by atoms with E-state index in [-0.39, 0.29) is 5.91 Å². The first-order valence-electron chi connectivity index (χ1n) is 5.36. The van der Waals surface area contributed by atoms with Crippen LogP contribution in [-0.4, -0.2) is 10.9 Å². The van der Waals surface area contributed by atoms with E-state index >= 15 is 0 Å². The highest BCUT2D eigenvalue weighted by molar-refractivity contribution is 6.31. The Morgan fingerprint density at radius 1 is 1.39 bits per heavy atom. The van der Waals surface area contributed by atoms with E-state index in [4.69, 9.17) is 17.3 Å². The van der Waals surface area contributed by atoms with Crippen LogP contribution in [0.25, 0.3) is 0 Å². The Kier molecular flexibility index (Phi) is 3.48. The van der Waals surface area contributed by atoms with Crippen molar-refractivity contribution in [3.63, 3.8) is 0 Å². The smallest absolute Gasteiger partial charge is 0.257 e. The second-order valence-electron chi connectivity index (χ2n) is 3.82. The first-order chi connectivity index (χ1) is 8.58. The fourth-order valence-corrected chi connectivity index (χ4v) is 1.74. The predicted molar refractivity (Wildman–Crippen MR) is 72.8 cm³/mol. The molecule has 2 aromatic rings. The van der Waals surface area contributed by atoms with Crippen LogP contribution in [0.1, 0.15) is 16.1 Å². The van der Waals surface area contributed by atoms with Crippen molar-refractivity contribution in [1.82, 2.24) is 4.98 Å². The molecule has 0 unspecified atom stereocenters. The molecule has 0 aliphatic heterocycles. The lowest BCUT2D eigenvalue weighted by molar-refractivity contribution is 0.102. The zero-order valence-corrected chi connectivity index (χ0v) is 10.5. The molecular weight excluding hydrogens is 250 g/mol. The summed E-state index contributed by atoms with van der Waals surface area (Å²) in [5.41, 5.74) is 7.92. The maximum atomic E-state index is 12.0. The van der Waals surface area contributed by atoms with Gasteiger partial charge in [-0.2, -0.15) is 0 Å². The number of nitrogen functional groups attached to an aromatic ring is 1. The van der Waals surface area contributed by atoms with Gasteiger partial charge in [-0.25, -0.2) is 0 Å². The summed E-state index contributed by atoms with van der Waals surface area (Å²) in [4.78, 5) is 16.1. The zero-order chi connectivity index (χ0) is 13.1. The van der Waals surface area contributed by atoms with Gasteiger partial charge in [-0.05, 0) is 37.3 Å². The lowest BCUT2D eigenvalue weighted by Crippen LogP contribution is -2.14. The van der Waals surface area contributed by atoms with Crippen LogP contribution in [0, 0.1) is 6.92 Å². The number of anilines is 2. The third kappa shape index (κ3) is 2.60. The Labute approximate surface area is 110 Å². The number of halogens is 1. The topological polar surface area (TPSA) is 68.0 Å². The summed E-state index contributed by atoms with van der Waals surface area (Å²) in [5.74, 6) is -0.241. The fourth-order valence-electron chi connectivity index (χ4n) is 1.56.